The molecule has 18 nitrogen and oxygen atoms in total. The lowest BCUT2D eigenvalue weighted by atomic mass is 10.1. The number of esters is 6. The molecule has 0 bridgehead atoms. The van der Waals surface area contributed by atoms with E-state index >= 15 is 0 Å². The van der Waals surface area contributed by atoms with Gasteiger partial charge in [0.2, 0.25) is 34.5 Å². The summed E-state index contributed by atoms with van der Waals surface area (Å²) in [6.07, 6.45) is 8.89. The Morgan fingerprint density at radius 1 is 0.227 bits per heavy atom. The Morgan fingerprint density at radius 2 is 0.364 bits per heavy atom. The molecule has 0 N–H and O–H groups in total. The van der Waals surface area contributed by atoms with Gasteiger partial charge in [-0.2, -0.15) is 0 Å². The Labute approximate surface area is 391 Å². The van der Waals surface area contributed by atoms with Gasteiger partial charge in [-0.05, 0) is 77.0 Å². The molecular weight excluding hydrogens is 865 g/mol. The van der Waals surface area contributed by atoms with Crippen LogP contribution in [0.15, 0.2) is 0 Å². The zero-order valence-electron chi connectivity index (χ0n) is 40.6. The molecule has 1 aromatic rings. The minimum Gasteiger partial charge on any atom is -0.418 e. The van der Waals surface area contributed by atoms with Crippen molar-refractivity contribution in [3.63, 3.8) is 0 Å². The van der Waals surface area contributed by atoms with E-state index in [1.807, 2.05) is 0 Å². The van der Waals surface area contributed by atoms with E-state index in [1.165, 1.54) is 0 Å². The van der Waals surface area contributed by atoms with Gasteiger partial charge in [-0.25, -0.2) is 0 Å². The highest BCUT2D eigenvalue weighted by atomic mass is 16.6. The van der Waals surface area contributed by atoms with Gasteiger partial charge >= 0.3 is 35.8 Å². The van der Waals surface area contributed by atoms with Crippen molar-refractivity contribution in [1.29, 1.82) is 0 Å². The summed E-state index contributed by atoms with van der Waals surface area (Å²) in [7, 11) is 9.42. The maximum Gasteiger partial charge on any atom is 0.311 e. The summed E-state index contributed by atoms with van der Waals surface area (Å²) in [5, 5.41) is 0. The van der Waals surface area contributed by atoms with Crippen LogP contribution in [0.25, 0.3) is 0 Å². The maximum absolute atomic E-state index is 13.8. The zero-order chi connectivity index (χ0) is 48.6. The predicted octanol–water partition coefficient (Wildman–Crippen LogP) is 8.36. The standard InChI is InChI=1S/C48H78O18/c1-55-31-19-7-13-25-37(49)61-43-44(62-38(50)26-14-8-20-32-56-2)46(64-40(52)28-16-10-22-34-58-4)48(66-42(54)30-18-12-24-36-60-6)47(65-41(53)29-17-11-23-35-59-5)45(43)63-39(51)27-15-9-21-33-57-3/h7-36H2,1-6H3. The van der Waals surface area contributed by atoms with Gasteiger partial charge < -0.3 is 56.8 Å². The fourth-order valence-electron chi connectivity index (χ4n) is 6.32. The van der Waals surface area contributed by atoms with Crippen molar-refractivity contribution in [2.75, 3.05) is 82.3 Å². The van der Waals surface area contributed by atoms with E-state index < -0.39 is 70.3 Å². The van der Waals surface area contributed by atoms with E-state index in [0.717, 1.165) is 0 Å². The van der Waals surface area contributed by atoms with Gasteiger partial charge in [0.1, 0.15) is 0 Å². The van der Waals surface area contributed by atoms with Gasteiger partial charge in [0, 0.05) is 121 Å². The third-order valence-corrected chi connectivity index (χ3v) is 9.91. The molecule has 0 unspecified atom stereocenters. The van der Waals surface area contributed by atoms with Crippen LogP contribution < -0.4 is 28.4 Å². The first-order valence-corrected chi connectivity index (χ1v) is 23.5. The van der Waals surface area contributed by atoms with Gasteiger partial charge in [-0.1, -0.05) is 38.5 Å². The van der Waals surface area contributed by atoms with E-state index in [1.54, 1.807) is 42.7 Å². The first-order chi connectivity index (χ1) is 32.1. The highest BCUT2D eigenvalue weighted by Gasteiger charge is 2.38. The SMILES string of the molecule is COCCCCCC(=O)Oc1c(OC(=O)CCCCCOC)c(OC(=O)CCCCCOC)c(OC(=O)CCCCCOC)c(OC(=O)CCCCCOC)c1OC(=O)CCCCCOC. The molecule has 0 saturated carbocycles. The normalized spacial score (nSPS) is 11.0. The first kappa shape index (κ1) is 59.8. The topological polar surface area (TPSA) is 213 Å². The Balaban J connectivity index is 4.24. The van der Waals surface area contributed by atoms with E-state index in [9.17, 15) is 28.8 Å². The van der Waals surface area contributed by atoms with Crippen LogP contribution >= 0.6 is 0 Å². The van der Waals surface area contributed by atoms with Crippen molar-refractivity contribution < 1.29 is 85.6 Å². The van der Waals surface area contributed by atoms with Crippen molar-refractivity contribution in [2.45, 2.75) is 154 Å². The molecule has 18 heteroatoms. The molecular formula is C48H78O18. The predicted molar refractivity (Wildman–Crippen MR) is 242 cm³/mol. The molecule has 1 aromatic carbocycles. The van der Waals surface area contributed by atoms with Gasteiger partial charge in [0.25, 0.3) is 0 Å². The van der Waals surface area contributed by atoms with Gasteiger partial charge in [0.15, 0.2) is 0 Å². The van der Waals surface area contributed by atoms with Crippen LogP contribution in [0.3, 0.4) is 0 Å². The Hall–Kier alpha value is -4.20. The summed E-state index contributed by atoms with van der Waals surface area (Å²) < 4.78 is 66.4. The average Bonchev–Trinajstić information content (AvgIpc) is 3.29. The summed E-state index contributed by atoms with van der Waals surface area (Å²) in [4.78, 5) is 82.5. The highest BCUT2D eigenvalue weighted by Crippen LogP contribution is 2.59. The van der Waals surface area contributed by atoms with Gasteiger partial charge in [0.05, 0.1) is 0 Å². The summed E-state index contributed by atoms with van der Waals surface area (Å²) in [5.74, 6) is -9.11. The molecule has 378 valence electrons. The molecule has 0 fully saturated rings. The third kappa shape index (κ3) is 28.1. The molecule has 0 aliphatic heterocycles. The number of methoxy groups -OCH3 is 6. The maximum atomic E-state index is 13.8. The van der Waals surface area contributed by atoms with E-state index in [2.05, 4.69) is 0 Å². The Morgan fingerprint density at radius 3 is 0.485 bits per heavy atom. The minimum atomic E-state index is -0.840. The molecule has 0 atom stereocenters. The molecule has 0 amide bonds. The van der Waals surface area contributed by atoms with Crippen LogP contribution in [0.4, 0.5) is 0 Å². The van der Waals surface area contributed by atoms with Crippen LogP contribution in [0.1, 0.15) is 154 Å². The minimum absolute atomic E-state index is 0.142. The second kappa shape index (κ2) is 39.9. The lowest BCUT2D eigenvalue weighted by Crippen LogP contribution is -2.20. The summed E-state index contributed by atoms with van der Waals surface area (Å²) in [5.41, 5.74) is 0. The third-order valence-electron chi connectivity index (χ3n) is 9.91. The van der Waals surface area contributed by atoms with Gasteiger partial charge in [-0.3, -0.25) is 28.8 Å². The van der Waals surface area contributed by atoms with Crippen molar-refractivity contribution >= 4 is 35.8 Å². The second-order valence-corrected chi connectivity index (χ2v) is 15.6. The van der Waals surface area contributed by atoms with Crippen LogP contribution in [-0.2, 0) is 57.2 Å². The molecule has 0 saturated heterocycles. The largest absolute Gasteiger partial charge is 0.418 e. The monoisotopic (exact) mass is 943 g/mol. The van der Waals surface area contributed by atoms with Crippen molar-refractivity contribution in [1.82, 2.24) is 0 Å². The molecule has 0 spiro atoms. The number of rotatable bonds is 42. The zero-order valence-corrected chi connectivity index (χ0v) is 40.6. The second-order valence-electron chi connectivity index (χ2n) is 15.6. The number of benzene rings is 1. The smallest absolute Gasteiger partial charge is 0.311 e. The molecule has 0 aliphatic rings. The fraction of sp³-hybridized carbons (Fsp3) is 0.750. The lowest BCUT2D eigenvalue weighted by Gasteiger charge is -2.23. The molecule has 0 aromatic heterocycles. The number of ether oxygens (including phenoxy) is 12. The van der Waals surface area contributed by atoms with Crippen LogP contribution in [0.5, 0.6) is 34.5 Å². The first-order valence-electron chi connectivity index (χ1n) is 23.5. The average molecular weight is 943 g/mol. The summed E-state index contributed by atoms with van der Waals surface area (Å²) in [6.45, 7) is 2.84. The van der Waals surface area contributed by atoms with E-state index in [0.29, 0.717) is 155 Å². The van der Waals surface area contributed by atoms with Gasteiger partial charge in [-0.15, -0.1) is 0 Å². The lowest BCUT2D eigenvalue weighted by molar-refractivity contribution is -0.140. The van der Waals surface area contributed by atoms with Crippen molar-refractivity contribution in [2.24, 2.45) is 0 Å². The van der Waals surface area contributed by atoms with E-state index in [-0.39, 0.29) is 38.5 Å². The highest BCUT2D eigenvalue weighted by molar-refractivity contribution is 5.90. The number of carbonyl (C=O) groups is 6. The molecule has 1 rings (SSSR count). The number of unbranched alkanes of at least 4 members (excludes halogenated alkanes) is 12. The fourth-order valence-corrected chi connectivity index (χ4v) is 6.32. The Kier molecular flexibility index (Phi) is 36.2. The summed E-state index contributed by atoms with van der Waals surface area (Å²) >= 11 is 0. The Bertz CT molecular complexity index is 1220. The van der Waals surface area contributed by atoms with E-state index in [4.69, 9.17) is 56.8 Å². The number of hydrogen-bond donors (Lipinski definition) is 0. The van der Waals surface area contributed by atoms with Crippen LogP contribution in [-0.4, -0.2) is 118 Å². The van der Waals surface area contributed by atoms with Crippen LogP contribution in [0, 0.1) is 0 Å². The summed E-state index contributed by atoms with van der Waals surface area (Å²) in [6, 6.07) is 0. The molecule has 66 heavy (non-hydrogen) atoms. The molecule has 0 aliphatic carbocycles. The quantitative estimate of drug-likeness (QED) is 0.0342. The molecule has 0 heterocycles. The van der Waals surface area contributed by atoms with Crippen LogP contribution in [0.2, 0.25) is 0 Å². The number of carbonyl (C=O) groups excluding carboxylic acids is 6. The van der Waals surface area contributed by atoms with Crippen molar-refractivity contribution in [3.05, 3.63) is 0 Å². The molecule has 0 radical (unpaired) electrons. The number of hydrogen-bond acceptors (Lipinski definition) is 18. The van der Waals surface area contributed by atoms with Crippen molar-refractivity contribution in [3.8, 4) is 34.5 Å².